The van der Waals surface area contributed by atoms with E-state index in [2.05, 4.69) is 58.1 Å². The van der Waals surface area contributed by atoms with Gasteiger partial charge in [-0.2, -0.15) is 0 Å². The van der Waals surface area contributed by atoms with Crippen LogP contribution in [0.25, 0.3) is 0 Å². The van der Waals surface area contributed by atoms with E-state index < -0.39 is 0 Å². The molecule has 3 heteroatoms. The zero-order valence-corrected chi connectivity index (χ0v) is 17.8. The summed E-state index contributed by atoms with van der Waals surface area (Å²) in [5, 5.41) is 3.57. The molecule has 0 aliphatic rings. The third-order valence-electron chi connectivity index (χ3n) is 4.88. The topological polar surface area (TPSA) is 30.5 Å². The smallest absolute Gasteiger partial charge is 0.127 e. The van der Waals surface area contributed by atoms with E-state index in [4.69, 9.17) is 9.47 Å². The number of hydrogen-bond acceptors (Lipinski definition) is 3. The van der Waals surface area contributed by atoms with Crippen LogP contribution in [0.15, 0.2) is 18.2 Å². The quantitative estimate of drug-likeness (QED) is 0.361. The van der Waals surface area contributed by atoms with E-state index in [9.17, 15) is 0 Å². The maximum absolute atomic E-state index is 6.15. The first-order valence-corrected chi connectivity index (χ1v) is 10.8. The van der Waals surface area contributed by atoms with Crippen LogP contribution < -0.4 is 14.8 Å². The fourth-order valence-electron chi connectivity index (χ4n) is 2.73. The zero-order chi connectivity index (χ0) is 19.2. The summed E-state index contributed by atoms with van der Waals surface area (Å²) >= 11 is 0. The van der Waals surface area contributed by atoms with Crippen molar-refractivity contribution >= 4 is 0 Å². The van der Waals surface area contributed by atoms with Gasteiger partial charge in [0.2, 0.25) is 0 Å². The fourth-order valence-corrected chi connectivity index (χ4v) is 2.73. The standard InChI is InChI=1S/C23H41NO2/c1-6-9-10-11-12-13-16-24-18-21-14-15-22(25-19(4)7-2)17-23(21)26-20(5)8-3/h14-15,17,19-20,24H,6-13,16,18H2,1-5H3. The van der Waals surface area contributed by atoms with Gasteiger partial charge in [-0.15, -0.1) is 0 Å². The Morgan fingerprint density at radius 2 is 1.50 bits per heavy atom. The molecule has 0 amide bonds. The molecule has 150 valence electrons. The average molecular weight is 364 g/mol. The van der Waals surface area contributed by atoms with Crippen molar-refractivity contribution in [2.75, 3.05) is 6.54 Å². The van der Waals surface area contributed by atoms with Crippen molar-refractivity contribution in [2.45, 2.75) is 105 Å². The maximum atomic E-state index is 6.15. The van der Waals surface area contributed by atoms with Crippen molar-refractivity contribution in [3.8, 4) is 11.5 Å². The van der Waals surface area contributed by atoms with E-state index in [1.54, 1.807) is 0 Å². The Morgan fingerprint density at radius 1 is 0.846 bits per heavy atom. The van der Waals surface area contributed by atoms with Crippen LogP contribution in [-0.2, 0) is 6.54 Å². The highest BCUT2D eigenvalue weighted by molar-refractivity contribution is 5.41. The van der Waals surface area contributed by atoms with E-state index in [1.165, 1.54) is 44.1 Å². The Bertz CT molecular complexity index is 475. The number of hydrogen-bond donors (Lipinski definition) is 1. The molecule has 0 bridgehead atoms. The zero-order valence-electron chi connectivity index (χ0n) is 17.8. The van der Waals surface area contributed by atoms with Gasteiger partial charge in [0.25, 0.3) is 0 Å². The second-order valence-corrected chi connectivity index (χ2v) is 7.39. The normalized spacial score (nSPS) is 13.4. The summed E-state index contributed by atoms with van der Waals surface area (Å²) in [6, 6.07) is 6.27. The van der Waals surface area contributed by atoms with Crippen molar-refractivity contribution in [3.05, 3.63) is 23.8 Å². The van der Waals surface area contributed by atoms with Gasteiger partial charge < -0.3 is 14.8 Å². The number of rotatable bonds is 15. The summed E-state index contributed by atoms with van der Waals surface area (Å²) in [5.74, 6) is 1.85. The van der Waals surface area contributed by atoms with Crippen LogP contribution in [0.4, 0.5) is 0 Å². The average Bonchev–Trinajstić information content (AvgIpc) is 2.65. The van der Waals surface area contributed by atoms with Crippen molar-refractivity contribution in [1.29, 1.82) is 0 Å². The first-order valence-electron chi connectivity index (χ1n) is 10.8. The van der Waals surface area contributed by atoms with E-state index in [-0.39, 0.29) is 12.2 Å². The highest BCUT2D eigenvalue weighted by Crippen LogP contribution is 2.27. The van der Waals surface area contributed by atoms with Gasteiger partial charge in [-0.3, -0.25) is 0 Å². The Kier molecular flexibility index (Phi) is 12.2. The second-order valence-electron chi connectivity index (χ2n) is 7.39. The molecule has 2 atom stereocenters. The summed E-state index contributed by atoms with van der Waals surface area (Å²) < 4.78 is 12.1. The molecule has 1 aromatic carbocycles. The molecule has 1 rings (SSSR count). The maximum Gasteiger partial charge on any atom is 0.127 e. The summed E-state index contributed by atoms with van der Waals surface area (Å²) in [6.07, 6.45) is 10.4. The van der Waals surface area contributed by atoms with Crippen molar-refractivity contribution < 1.29 is 9.47 Å². The lowest BCUT2D eigenvalue weighted by Gasteiger charge is -2.19. The lowest BCUT2D eigenvalue weighted by molar-refractivity contribution is 0.203. The van der Waals surface area contributed by atoms with Crippen LogP contribution in [0.3, 0.4) is 0 Å². The summed E-state index contributed by atoms with van der Waals surface area (Å²) in [7, 11) is 0. The largest absolute Gasteiger partial charge is 0.491 e. The van der Waals surface area contributed by atoms with Crippen LogP contribution in [0.5, 0.6) is 11.5 Å². The molecule has 0 saturated carbocycles. The summed E-state index contributed by atoms with van der Waals surface area (Å²) in [5.41, 5.74) is 1.22. The molecule has 0 aliphatic heterocycles. The molecular formula is C23H41NO2. The van der Waals surface area contributed by atoms with Gasteiger partial charge in [0, 0.05) is 18.2 Å². The Hall–Kier alpha value is -1.22. The van der Waals surface area contributed by atoms with Crippen LogP contribution in [0, 0.1) is 0 Å². The Morgan fingerprint density at radius 3 is 2.19 bits per heavy atom. The molecule has 1 aromatic rings. The first-order chi connectivity index (χ1) is 12.6. The molecule has 2 unspecified atom stereocenters. The van der Waals surface area contributed by atoms with Gasteiger partial charge in [-0.25, -0.2) is 0 Å². The number of unbranched alkanes of at least 4 members (excludes halogenated alkanes) is 5. The van der Waals surface area contributed by atoms with Crippen LogP contribution in [0.1, 0.15) is 91.5 Å². The van der Waals surface area contributed by atoms with Crippen molar-refractivity contribution in [1.82, 2.24) is 5.32 Å². The second kappa shape index (κ2) is 13.9. The minimum atomic E-state index is 0.214. The minimum Gasteiger partial charge on any atom is -0.491 e. The first kappa shape index (κ1) is 22.8. The number of benzene rings is 1. The molecule has 26 heavy (non-hydrogen) atoms. The Labute approximate surface area is 161 Å². The van der Waals surface area contributed by atoms with Gasteiger partial charge in [0.1, 0.15) is 11.5 Å². The van der Waals surface area contributed by atoms with Gasteiger partial charge in [-0.05, 0) is 45.7 Å². The molecule has 0 radical (unpaired) electrons. The molecule has 3 nitrogen and oxygen atoms in total. The molecule has 0 spiro atoms. The molecule has 0 heterocycles. The van der Waals surface area contributed by atoms with Gasteiger partial charge in [0.05, 0.1) is 12.2 Å². The summed E-state index contributed by atoms with van der Waals surface area (Å²) in [4.78, 5) is 0. The van der Waals surface area contributed by atoms with E-state index in [0.29, 0.717) is 0 Å². The van der Waals surface area contributed by atoms with Crippen molar-refractivity contribution in [3.63, 3.8) is 0 Å². The lowest BCUT2D eigenvalue weighted by atomic mass is 10.1. The third-order valence-corrected chi connectivity index (χ3v) is 4.88. The molecule has 0 fully saturated rings. The third kappa shape index (κ3) is 9.47. The van der Waals surface area contributed by atoms with Gasteiger partial charge >= 0.3 is 0 Å². The summed E-state index contributed by atoms with van der Waals surface area (Å²) in [6.45, 7) is 12.7. The number of nitrogens with one attached hydrogen (secondary N) is 1. The molecule has 1 N–H and O–H groups in total. The van der Waals surface area contributed by atoms with E-state index in [1.807, 2.05) is 0 Å². The van der Waals surface area contributed by atoms with Crippen molar-refractivity contribution in [2.24, 2.45) is 0 Å². The number of ether oxygens (including phenoxy) is 2. The van der Waals surface area contributed by atoms with E-state index >= 15 is 0 Å². The monoisotopic (exact) mass is 363 g/mol. The Balaban J connectivity index is 2.53. The van der Waals surface area contributed by atoms with E-state index in [0.717, 1.165) is 37.4 Å². The van der Waals surface area contributed by atoms with Gasteiger partial charge in [-0.1, -0.05) is 58.9 Å². The highest BCUT2D eigenvalue weighted by atomic mass is 16.5. The molecule has 0 aromatic heterocycles. The van der Waals surface area contributed by atoms with Crippen LogP contribution in [-0.4, -0.2) is 18.8 Å². The van der Waals surface area contributed by atoms with Gasteiger partial charge in [0.15, 0.2) is 0 Å². The SMILES string of the molecule is CCCCCCCCNCc1ccc(OC(C)CC)cc1OC(C)CC. The predicted octanol–water partition coefficient (Wildman–Crippen LogP) is 6.49. The van der Waals surface area contributed by atoms with Crippen LogP contribution >= 0.6 is 0 Å². The molecule has 0 saturated heterocycles. The minimum absolute atomic E-state index is 0.214. The predicted molar refractivity (Wildman–Crippen MR) is 112 cm³/mol. The highest BCUT2D eigenvalue weighted by Gasteiger charge is 2.10. The molecule has 0 aliphatic carbocycles. The fraction of sp³-hybridized carbons (Fsp3) is 0.739. The lowest BCUT2D eigenvalue weighted by Crippen LogP contribution is -2.17. The van der Waals surface area contributed by atoms with Crippen LogP contribution in [0.2, 0.25) is 0 Å². The molecular weight excluding hydrogens is 322 g/mol.